The first-order valence-corrected chi connectivity index (χ1v) is 5.50. The van der Waals surface area contributed by atoms with Crippen molar-refractivity contribution in [2.45, 2.75) is 30.3 Å². The minimum absolute atomic E-state index is 0.0220. The average Bonchev–Trinajstić information content (AvgIpc) is 2.70. The van der Waals surface area contributed by atoms with Crippen LogP contribution >= 0.6 is 11.8 Å². The van der Waals surface area contributed by atoms with Crippen molar-refractivity contribution in [3.63, 3.8) is 0 Å². The monoisotopic (exact) mass is 219 g/mol. The molecule has 6 heteroatoms. The molecule has 1 aromatic rings. The molecule has 78 valence electrons. The van der Waals surface area contributed by atoms with Crippen LogP contribution in [0.25, 0.3) is 0 Å². The molecule has 0 bridgehead atoms. The minimum Gasteiger partial charge on any atom is -0.254 e. The first-order valence-electron chi connectivity index (χ1n) is 4.52. The molecular weight excluding hydrogens is 208 g/mol. The van der Waals surface area contributed by atoms with E-state index in [4.69, 9.17) is 0 Å². The third kappa shape index (κ3) is 2.43. The van der Waals surface area contributed by atoms with Gasteiger partial charge >= 0.3 is 0 Å². The highest BCUT2D eigenvalue weighted by molar-refractivity contribution is 7.99. The maximum atomic E-state index is 12.8. The van der Waals surface area contributed by atoms with Crippen LogP contribution < -0.4 is 0 Å². The molecule has 1 N–H and O–H groups in total. The van der Waals surface area contributed by atoms with Crippen molar-refractivity contribution < 1.29 is 8.78 Å². The fraction of sp³-hybridized carbons (Fsp3) is 0.750. The standard InChI is InChI=1S/C8H11F2N3S/c9-8(10)2-1-6(3-8)4-14-7-11-5-12-13-7/h5-6H,1-4H2,(H,11,12,13)/t6-/m1/s1. The lowest BCUT2D eigenvalue weighted by atomic mass is 10.1. The quantitative estimate of drug-likeness (QED) is 0.793. The topological polar surface area (TPSA) is 41.6 Å². The molecular formula is C8H11F2N3S. The number of aromatic amines is 1. The normalized spacial score (nSPS) is 25.4. The number of halogens is 2. The summed E-state index contributed by atoms with van der Waals surface area (Å²) in [5.41, 5.74) is 0. The van der Waals surface area contributed by atoms with Gasteiger partial charge in [-0.15, -0.1) is 0 Å². The summed E-state index contributed by atoms with van der Waals surface area (Å²) in [5, 5.41) is 7.10. The lowest BCUT2D eigenvalue weighted by Crippen LogP contribution is -2.10. The predicted molar refractivity (Wildman–Crippen MR) is 49.4 cm³/mol. The summed E-state index contributed by atoms with van der Waals surface area (Å²) in [4.78, 5) is 3.92. The molecule has 1 fully saturated rings. The van der Waals surface area contributed by atoms with Gasteiger partial charge in [-0.1, -0.05) is 11.8 Å². The Hall–Kier alpha value is -0.650. The van der Waals surface area contributed by atoms with Gasteiger partial charge in [-0.05, 0) is 12.3 Å². The first-order chi connectivity index (χ1) is 6.66. The maximum Gasteiger partial charge on any atom is 0.248 e. The summed E-state index contributed by atoms with van der Waals surface area (Å²) in [7, 11) is 0. The van der Waals surface area contributed by atoms with E-state index in [9.17, 15) is 8.78 Å². The third-order valence-corrected chi connectivity index (χ3v) is 3.46. The molecule has 1 saturated carbocycles. The van der Waals surface area contributed by atoms with Crippen molar-refractivity contribution in [1.82, 2.24) is 15.2 Å². The van der Waals surface area contributed by atoms with E-state index < -0.39 is 5.92 Å². The number of aromatic nitrogens is 3. The van der Waals surface area contributed by atoms with E-state index in [1.807, 2.05) is 0 Å². The van der Waals surface area contributed by atoms with E-state index in [-0.39, 0.29) is 18.8 Å². The third-order valence-electron chi connectivity index (χ3n) is 2.35. The van der Waals surface area contributed by atoms with Crippen LogP contribution in [0.1, 0.15) is 19.3 Å². The fourth-order valence-electron chi connectivity index (χ4n) is 1.64. The molecule has 0 aliphatic heterocycles. The number of thioether (sulfide) groups is 1. The van der Waals surface area contributed by atoms with Gasteiger partial charge in [-0.25, -0.2) is 13.8 Å². The zero-order valence-electron chi connectivity index (χ0n) is 7.54. The second-order valence-electron chi connectivity index (χ2n) is 3.57. The summed E-state index contributed by atoms with van der Waals surface area (Å²) in [5.74, 6) is -1.63. The molecule has 0 saturated heterocycles. The van der Waals surface area contributed by atoms with Crippen molar-refractivity contribution in [3.8, 4) is 0 Å². The van der Waals surface area contributed by atoms with Crippen molar-refractivity contribution in [1.29, 1.82) is 0 Å². The number of nitrogens with zero attached hydrogens (tertiary/aromatic N) is 2. The molecule has 0 unspecified atom stereocenters. The Kier molecular flexibility index (Phi) is 2.71. The van der Waals surface area contributed by atoms with Gasteiger partial charge in [0, 0.05) is 18.6 Å². The van der Waals surface area contributed by atoms with Crippen LogP contribution in [0.4, 0.5) is 8.78 Å². The Morgan fingerprint density at radius 1 is 1.64 bits per heavy atom. The highest BCUT2D eigenvalue weighted by Crippen LogP contribution is 2.40. The van der Waals surface area contributed by atoms with Gasteiger partial charge < -0.3 is 0 Å². The van der Waals surface area contributed by atoms with Crippen LogP contribution in [-0.2, 0) is 0 Å². The zero-order chi connectivity index (χ0) is 10.0. The van der Waals surface area contributed by atoms with Gasteiger partial charge in [-0.2, -0.15) is 5.10 Å². The summed E-state index contributed by atoms with van der Waals surface area (Å²) < 4.78 is 25.6. The Morgan fingerprint density at radius 2 is 2.50 bits per heavy atom. The van der Waals surface area contributed by atoms with E-state index in [2.05, 4.69) is 15.2 Å². The zero-order valence-corrected chi connectivity index (χ0v) is 8.36. The van der Waals surface area contributed by atoms with E-state index in [0.717, 1.165) is 0 Å². The molecule has 14 heavy (non-hydrogen) atoms. The van der Waals surface area contributed by atoms with Crippen molar-refractivity contribution in [2.75, 3.05) is 5.75 Å². The number of H-pyrrole nitrogens is 1. The predicted octanol–water partition coefficient (Wildman–Crippen LogP) is 2.33. The average molecular weight is 219 g/mol. The highest BCUT2D eigenvalue weighted by Gasteiger charge is 2.39. The van der Waals surface area contributed by atoms with E-state index in [0.29, 0.717) is 17.3 Å². The molecule has 1 aliphatic carbocycles. The van der Waals surface area contributed by atoms with Crippen LogP contribution in [-0.4, -0.2) is 26.9 Å². The summed E-state index contributed by atoms with van der Waals surface area (Å²) >= 11 is 1.46. The summed E-state index contributed by atoms with van der Waals surface area (Å²) in [6.45, 7) is 0. The summed E-state index contributed by atoms with van der Waals surface area (Å²) in [6, 6.07) is 0. The van der Waals surface area contributed by atoms with Gasteiger partial charge in [-0.3, -0.25) is 5.10 Å². The smallest absolute Gasteiger partial charge is 0.248 e. The van der Waals surface area contributed by atoms with Crippen LogP contribution in [0.15, 0.2) is 11.5 Å². The van der Waals surface area contributed by atoms with E-state index in [1.165, 1.54) is 18.1 Å². The van der Waals surface area contributed by atoms with Gasteiger partial charge in [0.25, 0.3) is 0 Å². The molecule has 0 radical (unpaired) electrons. The van der Waals surface area contributed by atoms with Crippen LogP contribution in [0.3, 0.4) is 0 Å². The van der Waals surface area contributed by atoms with Gasteiger partial charge in [0.05, 0.1) is 0 Å². The molecule has 0 spiro atoms. The molecule has 1 aromatic heterocycles. The molecule has 1 atom stereocenters. The number of alkyl halides is 2. The van der Waals surface area contributed by atoms with E-state index >= 15 is 0 Å². The molecule has 2 rings (SSSR count). The van der Waals surface area contributed by atoms with Crippen LogP contribution in [0, 0.1) is 5.92 Å². The minimum atomic E-state index is -2.44. The fourth-order valence-corrected chi connectivity index (χ4v) is 2.56. The SMILES string of the molecule is FC1(F)CC[C@@H](CSc2ncn[nH]2)C1. The van der Waals surface area contributed by atoms with Gasteiger partial charge in [0.1, 0.15) is 6.33 Å². The van der Waals surface area contributed by atoms with Crippen molar-refractivity contribution in [3.05, 3.63) is 6.33 Å². The Morgan fingerprint density at radius 3 is 3.07 bits per heavy atom. The van der Waals surface area contributed by atoms with Crippen molar-refractivity contribution >= 4 is 11.8 Å². The molecule has 1 heterocycles. The van der Waals surface area contributed by atoms with Crippen LogP contribution in [0.2, 0.25) is 0 Å². The molecule has 1 aliphatic rings. The summed E-state index contributed by atoms with van der Waals surface area (Å²) in [6.07, 6.45) is 2.10. The second-order valence-corrected chi connectivity index (χ2v) is 4.58. The Bertz CT molecular complexity index is 289. The van der Waals surface area contributed by atoms with E-state index in [1.54, 1.807) is 0 Å². The highest BCUT2D eigenvalue weighted by atomic mass is 32.2. The number of hydrogen-bond donors (Lipinski definition) is 1. The first kappa shape index (κ1) is 9.89. The van der Waals surface area contributed by atoms with Crippen molar-refractivity contribution in [2.24, 2.45) is 5.92 Å². The number of rotatable bonds is 3. The molecule has 0 aromatic carbocycles. The maximum absolute atomic E-state index is 12.8. The Labute approximate surface area is 84.7 Å². The van der Waals surface area contributed by atoms with Crippen LogP contribution in [0.5, 0.6) is 0 Å². The number of hydrogen-bond acceptors (Lipinski definition) is 3. The lowest BCUT2D eigenvalue weighted by Gasteiger charge is -2.08. The lowest BCUT2D eigenvalue weighted by molar-refractivity contribution is 0.00596. The molecule has 0 amide bonds. The second kappa shape index (κ2) is 3.84. The largest absolute Gasteiger partial charge is 0.254 e. The van der Waals surface area contributed by atoms with Gasteiger partial charge in [0.15, 0.2) is 5.16 Å². The Balaban J connectivity index is 1.78. The number of nitrogens with one attached hydrogen (secondary N) is 1. The molecule has 3 nitrogen and oxygen atoms in total. The van der Waals surface area contributed by atoms with Gasteiger partial charge in [0.2, 0.25) is 5.92 Å².